The van der Waals surface area contributed by atoms with Crippen molar-refractivity contribution in [3.63, 3.8) is 0 Å². The molecule has 2 nitrogen and oxygen atoms in total. The summed E-state index contributed by atoms with van der Waals surface area (Å²) in [7, 11) is 0. The fourth-order valence-corrected chi connectivity index (χ4v) is 3.86. The lowest BCUT2D eigenvalue weighted by Gasteiger charge is -2.28. The van der Waals surface area contributed by atoms with Crippen molar-refractivity contribution in [3.05, 3.63) is 88.7 Å². The summed E-state index contributed by atoms with van der Waals surface area (Å²) in [4.78, 5) is 2.00. The molecule has 0 bridgehead atoms. The summed E-state index contributed by atoms with van der Waals surface area (Å²) >= 11 is 5.87. The van der Waals surface area contributed by atoms with Gasteiger partial charge in [-0.25, -0.2) is 4.39 Å². The van der Waals surface area contributed by atoms with Crippen LogP contribution in [0.1, 0.15) is 30.0 Å². The molecule has 0 aromatic heterocycles. The summed E-state index contributed by atoms with van der Waals surface area (Å²) in [6.07, 6.45) is -3.11. The van der Waals surface area contributed by atoms with Gasteiger partial charge in [0.05, 0.1) is 11.6 Å². The molecule has 1 aliphatic heterocycles. The number of anilines is 1. The van der Waals surface area contributed by atoms with Crippen LogP contribution in [0.15, 0.2) is 66.7 Å². The summed E-state index contributed by atoms with van der Waals surface area (Å²) in [6, 6.07) is 16.7. The van der Waals surface area contributed by atoms with Crippen LogP contribution in [-0.2, 0) is 6.18 Å². The third-order valence-electron chi connectivity index (χ3n) is 5.10. The van der Waals surface area contributed by atoms with Crippen LogP contribution >= 0.6 is 11.6 Å². The molecule has 1 aliphatic rings. The van der Waals surface area contributed by atoms with Crippen molar-refractivity contribution in [1.82, 2.24) is 0 Å². The lowest BCUT2D eigenvalue weighted by Crippen LogP contribution is -2.23. The Kier molecular flexibility index (Phi) is 5.60. The number of hydrogen-bond acceptors (Lipinski definition) is 2. The van der Waals surface area contributed by atoms with E-state index >= 15 is 0 Å². The molecule has 0 spiro atoms. The van der Waals surface area contributed by atoms with E-state index in [2.05, 4.69) is 0 Å². The molecule has 3 aromatic rings. The van der Waals surface area contributed by atoms with Gasteiger partial charge in [0.15, 0.2) is 0 Å². The van der Waals surface area contributed by atoms with E-state index in [0.29, 0.717) is 41.1 Å². The fourth-order valence-electron chi connectivity index (χ4n) is 3.74. The second-order valence-corrected chi connectivity index (χ2v) is 7.61. The van der Waals surface area contributed by atoms with Gasteiger partial charge in [0, 0.05) is 17.3 Å². The molecule has 0 N–H and O–H groups in total. The minimum atomic E-state index is -4.58. The molecule has 0 amide bonds. The summed E-state index contributed by atoms with van der Waals surface area (Å²) < 4.78 is 59.0. The van der Waals surface area contributed by atoms with E-state index in [-0.39, 0.29) is 6.04 Å². The van der Waals surface area contributed by atoms with Crippen molar-refractivity contribution in [2.45, 2.75) is 25.1 Å². The zero-order valence-corrected chi connectivity index (χ0v) is 16.6. The van der Waals surface area contributed by atoms with E-state index in [1.165, 1.54) is 6.07 Å². The highest BCUT2D eigenvalue weighted by atomic mass is 35.5. The predicted molar refractivity (Wildman–Crippen MR) is 109 cm³/mol. The van der Waals surface area contributed by atoms with Gasteiger partial charge in [-0.05, 0) is 85.1 Å². The lowest BCUT2D eigenvalue weighted by atomic mass is 10.0. The number of rotatable bonds is 4. The maximum Gasteiger partial charge on any atom is 0.416 e. The monoisotopic (exact) mass is 435 g/mol. The molecule has 3 aromatic carbocycles. The molecular formula is C23H18ClF4NO. The van der Waals surface area contributed by atoms with Crippen molar-refractivity contribution in [3.8, 4) is 11.5 Å². The third-order valence-corrected chi connectivity index (χ3v) is 5.35. The Morgan fingerprint density at radius 3 is 2.17 bits per heavy atom. The molecule has 0 saturated carbocycles. The molecule has 30 heavy (non-hydrogen) atoms. The van der Waals surface area contributed by atoms with Crippen LogP contribution in [0.4, 0.5) is 23.2 Å². The maximum absolute atomic E-state index is 13.9. The summed E-state index contributed by atoms with van der Waals surface area (Å²) in [5.74, 6) is 0.394. The number of hydrogen-bond donors (Lipinski definition) is 0. The fraction of sp³-hybridized carbons (Fsp3) is 0.217. The predicted octanol–water partition coefficient (Wildman–Crippen LogP) is 7.63. The van der Waals surface area contributed by atoms with E-state index in [1.54, 1.807) is 36.4 Å². The molecule has 1 heterocycles. The second kappa shape index (κ2) is 8.19. The van der Waals surface area contributed by atoms with Crippen LogP contribution < -0.4 is 9.64 Å². The van der Waals surface area contributed by atoms with Gasteiger partial charge in [-0.3, -0.25) is 0 Å². The molecule has 1 saturated heterocycles. The van der Waals surface area contributed by atoms with Gasteiger partial charge >= 0.3 is 6.18 Å². The minimum absolute atomic E-state index is 0.315. The van der Waals surface area contributed by atoms with E-state index in [4.69, 9.17) is 16.3 Å². The van der Waals surface area contributed by atoms with Gasteiger partial charge in [0.1, 0.15) is 17.3 Å². The molecule has 1 fully saturated rings. The zero-order valence-electron chi connectivity index (χ0n) is 15.8. The second-order valence-electron chi connectivity index (χ2n) is 7.17. The number of nitrogens with zero attached hydrogens (tertiary/aromatic N) is 1. The van der Waals surface area contributed by atoms with E-state index in [9.17, 15) is 17.6 Å². The van der Waals surface area contributed by atoms with Gasteiger partial charge in [-0.2, -0.15) is 13.2 Å². The Hall–Kier alpha value is -2.73. The van der Waals surface area contributed by atoms with Crippen LogP contribution in [0.5, 0.6) is 11.5 Å². The molecule has 1 unspecified atom stereocenters. The van der Waals surface area contributed by atoms with Gasteiger partial charge in [-0.1, -0.05) is 11.6 Å². The van der Waals surface area contributed by atoms with E-state index in [1.807, 2.05) is 17.0 Å². The van der Waals surface area contributed by atoms with Crippen molar-refractivity contribution in [2.75, 3.05) is 11.4 Å². The first-order chi connectivity index (χ1) is 14.3. The average molecular weight is 436 g/mol. The average Bonchev–Trinajstić information content (AvgIpc) is 3.19. The Morgan fingerprint density at radius 1 is 0.900 bits per heavy atom. The summed E-state index contributed by atoms with van der Waals surface area (Å²) in [5.41, 5.74) is 0.219. The Labute approximate surface area is 176 Å². The van der Waals surface area contributed by atoms with Gasteiger partial charge < -0.3 is 9.64 Å². The third kappa shape index (κ3) is 4.54. The van der Waals surface area contributed by atoms with Crippen LogP contribution in [0.2, 0.25) is 5.02 Å². The van der Waals surface area contributed by atoms with Crippen molar-refractivity contribution < 1.29 is 22.3 Å². The van der Waals surface area contributed by atoms with Crippen molar-refractivity contribution in [2.24, 2.45) is 0 Å². The highest BCUT2D eigenvalue weighted by Crippen LogP contribution is 2.39. The molecule has 0 radical (unpaired) electrons. The summed E-state index contributed by atoms with van der Waals surface area (Å²) in [5, 5.41) is 0.615. The Morgan fingerprint density at radius 2 is 1.53 bits per heavy atom. The first-order valence-corrected chi connectivity index (χ1v) is 9.85. The van der Waals surface area contributed by atoms with Crippen molar-refractivity contribution in [1.29, 1.82) is 0 Å². The van der Waals surface area contributed by atoms with Crippen LogP contribution in [-0.4, -0.2) is 6.54 Å². The van der Waals surface area contributed by atoms with Crippen molar-refractivity contribution >= 4 is 17.3 Å². The highest BCUT2D eigenvalue weighted by molar-refractivity contribution is 6.30. The summed E-state index contributed by atoms with van der Waals surface area (Å²) in [6.45, 7) is 0.680. The van der Waals surface area contributed by atoms with Crippen LogP contribution in [0.3, 0.4) is 0 Å². The SMILES string of the molecule is Fc1cc(C2CCCN2c2ccc(Oc3ccc(Cl)cc3)cc2)cc(C(F)(F)F)c1. The standard InChI is InChI=1S/C23H18ClF4NO/c24-17-3-7-20(8-4-17)30-21-9-5-19(6-10-21)29-11-1-2-22(29)15-12-16(23(26,27)28)14-18(25)13-15/h3-10,12-14,22H,1-2,11H2. The first kappa shape index (κ1) is 20.5. The van der Waals surface area contributed by atoms with Crippen LogP contribution in [0, 0.1) is 5.82 Å². The molecule has 7 heteroatoms. The topological polar surface area (TPSA) is 12.5 Å². The number of alkyl halides is 3. The largest absolute Gasteiger partial charge is 0.457 e. The Balaban J connectivity index is 1.55. The zero-order chi connectivity index (χ0) is 21.3. The highest BCUT2D eigenvalue weighted by Gasteiger charge is 2.34. The lowest BCUT2D eigenvalue weighted by molar-refractivity contribution is -0.137. The maximum atomic E-state index is 13.9. The normalized spacial score (nSPS) is 16.7. The van der Waals surface area contributed by atoms with E-state index in [0.717, 1.165) is 18.2 Å². The van der Waals surface area contributed by atoms with E-state index < -0.39 is 17.6 Å². The van der Waals surface area contributed by atoms with Gasteiger partial charge in [0.2, 0.25) is 0 Å². The molecule has 0 aliphatic carbocycles. The molecule has 1 atom stereocenters. The number of ether oxygens (including phenoxy) is 1. The quantitative estimate of drug-likeness (QED) is 0.390. The molecule has 156 valence electrons. The first-order valence-electron chi connectivity index (χ1n) is 9.47. The molecular weight excluding hydrogens is 418 g/mol. The van der Waals surface area contributed by atoms with Gasteiger partial charge in [-0.15, -0.1) is 0 Å². The minimum Gasteiger partial charge on any atom is -0.457 e. The van der Waals surface area contributed by atoms with Crippen LogP contribution in [0.25, 0.3) is 0 Å². The number of halogens is 5. The molecule has 4 rings (SSSR count). The number of benzene rings is 3. The smallest absolute Gasteiger partial charge is 0.416 e. The Bertz CT molecular complexity index is 1020. The van der Waals surface area contributed by atoms with Gasteiger partial charge in [0.25, 0.3) is 0 Å².